The number of hydrogen-bond donors (Lipinski definition) is 1. The van der Waals surface area contributed by atoms with Gasteiger partial charge in [0.2, 0.25) is 0 Å². The highest BCUT2D eigenvalue weighted by atomic mass is 35.5. The number of nitrogens with one attached hydrogen (secondary N) is 1. The van der Waals surface area contributed by atoms with Crippen LogP contribution in [0, 0.1) is 5.92 Å². The molecule has 0 spiro atoms. The van der Waals surface area contributed by atoms with E-state index in [9.17, 15) is 0 Å². The van der Waals surface area contributed by atoms with E-state index in [-0.39, 0.29) is 0 Å². The van der Waals surface area contributed by atoms with Gasteiger partial charge in [0.15, 0.2) is 10.9 Å². The molecule has 2 fully saturated rings. The first kappa shape index (κ1) is 14.2. The summed E-state index contributed by atoms with van der Waals surface area (Å²) in [5.74, 6) is 1.45. The summed E-state index contributed by atoms with van der Waals surface area (Å²) in [6.45, 7) is 3.12. The van der Waals surface area contributed by atoms with Crippen LogP contribution in [-0.4, -0.2) is 29.0 Å². The predicted octanol–water partition coefficient (Wildman–Crippen LogP) is 3.25. The summed E-state index contributed by atoms with van der Waals surface area (Å²) in [7, 11) is 0. The number of hydrogen-bond acceptors (Lipinski definition) is 3. The summed E-state index contributed by atoms with van der Waals surface area (Å²) in [5, 5.41) is 8.48. The van der Waals surface area contributed by atoms with Gasteiger partial charge in [0.05, 0.1) is 12.3 Å². The Hall–Kier alpha value is -0.740. The predicted molar refractivity (Wildman–Crippen MR) is 80.3 cm³/mol. The van der Waals surface area contributed by atoms with E-state index in [0.29, 0.717) is 17.2 Å². The highest BCUT2D eigenvalue weighted by Crippen LogP contribution is 2.30. The van der Waals surface area contributed by atoms with E-state index in [2.05, 4.69) is 10.4 Å². The second kappa shape index (κ2) is 6.81. The molecule has 2 aliphatic rings. The third-order valence-electron chi connectivity index (χ3n) is 4.48. The summed E-state index contributed by atoms with van der Waals surface area (Å²) in [6.07, 6.45) is 10.7. The molecule has 1 aliphatic heterocycles. The zero-order valence-corrected chi connectivity index (χ0v) is 12.7. The molecule has 1 N–H and O–H groups in total. The minimum Gasteiger partial charge on any atom is -0.486 e. The fraction of sp³-hybridized carbons (Fsp3) is 0.800. The number of ether oxygens (including phenoxy) is 1. The smallest absolute Gasteiger partial charge is 0.176 e. The van der Waals surface area contributed by atoms with E-state index in [1.807, 2.05) is 4.68 Å². The van der Waals surface area contributed by atoms with Crippen LogP contribution in [0.5, 0.6) is 5.75 Å². The number of halogens is 1. The number of piperidine rings is 1. The van der Waals surface area contributed by atoms with E-state index in [1.54, 1.807) is 6.20 Å². The fourth-order valence-electron chi connectivity index (χ4n) is 3.23. The van der Waals surface area contributed by atoms with Gasteiger partial charge >= 0.3 is 0 Å². The van der Waals surface area contributed by atoms with E-state index in [0.717, 1.165) is 38.2 Å². The van der Waals surface area contributed by atoms with Crippen molar-refractivity contribution in [3.63, 3.8) is 0 Å². The van der Waals surface area contributed by atoms with Crippen molar-refractivity contribution in [2.75, 3.05) is 13.1 Å². The van der Waals surface area contributed by atoms with Crippen molar-refractivity contribution in [2.45, 2.75) is 57.6 Å². The Morgan fingerprint density at radius 2 is 1.95 bits per heavy atom. The van der Waals surface area contributed by atoms with Crippen molar-refractivity contribution in [1.82, 2.24) is 15.1 Å². The molecule has 1 saturated carbocycles. The first-order chi connectivity index (χ1) is 9.83. The minimum atomic E-state index is 0.331. The van der Waals surface area contributed by atoms with Gasteiger partial charge in [0, 0.05) is 6.54 Å². The van der Waals surface area contributed by atoms with Gasteiger partial charge in [-0.3, -0.25) is 4.68 Å². The average Bonchev–Trinajstić information content (AvgIpc) is 2.83. The molecule has 0 amide bonds. The SMILES string of the molecule is Clc1c(OC2CCCCC2)cnn1CC1CCNCC1. The van der Waals surface area contributed by atoms with E-state index >= 15 is 0 Å². The van der Waals surface area contributed by atoms with Crippen molar-refractivity contribution in [2.24, 2.45) is 5.92 Å². The quantitative estimate of drug-likeness (QED) is 0.927. The van der Waals surface area contributed by atoms with Gasteiger partial charge in [-0.15, -0.1) is 0 Å². The Morgan fingerprint density at radius 3 is 2.70 bits per heavy atom. The maximum atomic E-state index is 6.42. The molecule has 20 heavy (non-hydrogen) atoms. The van der Waals surface area contributed by atoms with E-state index < -0.39 is 0 Å². The second-order valence-electron chi connectivity index (χ2n) is 6.05. The maximum absolute atomic E-state index is 6.42. The van der Waals surface area contributed by atoms with Crippen LogP contribution in [-0.2, 0) is 6.54 Å². The molecule has 3 rings (SSSR count). The van der Waals surface area contributed by atoms with Crippen LogP contribution in [0.4, 0.5) is 0 Å². The first-order valence-corrected chi connectivity index (χ1v) is 8.29. The molecule has 1 aromatic heterocycles. The lowest BCUT2D eigenvalue weighted by Crippen LogP contribution is -2.30. The van der Waals surface area contributed by atoms with Crippen molar-refractivity contribution >= 4 is 11.6 Å². The monoisotopic (exact) mass is 297 g/mol. The van der Waals surface area contributed by atoms with Crippen LogP contribution >= 0.6 is 11.6 Å². The van der Waals surface area contributed by atoms with Gasteiger partial charge in [0.1, 0.15) is 0 Å². The Labute approximate surface area is 125 Å². The lowest BCUT2D eigenvalue weighted by Gasteiger charge is -2.23. The molecule has 0 unspecified atom stereocenters. The number of rotatable bonds is 4. The van der Waals surface area contributed by atoms with Gasteiger partial charge in [0.25, 0.3) is 0 Å². The Kier molecular flexibility index (Phi) is 4.84. The normalized spacial score (nSPS) is 22.1. The zero-order valence-electron chi connectivity index (χ0n) is 12.0. The molecule has 1 aromatic rings. The number of aromatic nitrogens is 2. The highest BCUT2D eigenvalue weighted by Gasteiger charge is 2.20. The van der Waals surface area contributed by atoms with Crippen molar-refractivity contribution in [1.29, 1.82) is 0 Å². The van der Waals surface area contributed by atoms with E-state index in [4.69, 9.17) is 16.3 Å². The molecule has 112 valence electrons. The van der Waals surface area contributed by atoms with Crippen molar-refractivity contribution < 1.29 is 4.74 Å². The standard InChI is InChI=1S/C15H24ClN3O/c16-15-14(20-13-4-2-1-3-5-13)10-18-19(15)11-12-6-8-17-9-7-12/h10,12-13,17H,1-9,11H2. The molecule has 4 nitrogen and oxygen atoms in total. The van der Waals surface area contributed by atoms with Crippen LogP contribution < -0.4 is 10.1 Å². The van der Waals surface area contributed by atoms with Crippen LogP contribution in [0.15, 0.2) is 6.20 Å². The third-order valence-corrected chi connectivity index (χ3v) is 4.86. The largest absolute Gasteiger partial charge is 0.486 e. The Bertz CT molecular complexity index is 385. The summed E-state index contributed by atoms with van der Waals surface area (Å²) in [5.41, 5.74) is 0. The van der Waals surface area contributed by atoms with Crippen LogP contribution in [0.3, 0.4) is 0 Å². The zero-order chi connectivity index (χ0) is 13.8. The van der Waals surface area contributed by atoms with Crippen LogP contribution in [0.1, 0.15) is 44.9 Å². The number of nitrogens with zero attached hydrogens (tertiary/aromatic N) is 2. The lowest BCUT2D eigenvalue weighted by molar-refractivity contribution is 0.155. The Morgan fingerprint density at radius 1 is 1.20 bits per heavy atom. The molecule has 0 bridgehead atoms. The summed E-state index contributed by atoms with van der Waals surface area (Å²) in [4.78, 5) is 0. The van der Waals surface area contributed by atoms with Crippen LogP contribution in [0.2, 0.25) is 5.15 Å². The average molecular weight is 298 g/mol. The highest BCUT2D eigenvalue weighted by molar-refractivity contribution is 6.31. The third kappa shape index (κ3) is 3.47. The molecule has 1 aliphatic carbocycles. The molecule has 5 heteroatoms. The van der Waals surface area contributed by atoms with Crippen LogP contribution in [0.25, 0.3) is 0 Å². The van der Waals surface area contributed by atoms with Gasteiger partial charge in [-0.2, -0.15) is 5.10 Å². The topological polar surface area (TPSA) is 39.1 Å². The van der Waals surface area contributed by atoms with Gasteiger partial charge in [-0.25, -0.2) is 0 Å². The van der Waals surface area contributed by atoms with Crippen molar-refractivity contribution in [3.05, 3.63) is 11.3 Å². The minimum absolute atomic E-state index is 0.331. The first-order valence-electron chi connectivity index (χ1n) is 7.91. The van der Waals surface area contributed by atoms with Gasteiger partial charge in [-0.05, 0) is 57.5 Å². The molecule has 0 atom stereocenters. The molecule has 0 radical (unpaired) electrons. The molecule has 1 saturated heterocycles. The molecule has 2 heterocycles. The molecular formula is C15H24ClN3O. The molecular weight excluding hydrogens is 274 g/mol. The van der Waals surface area contributed by atoms with E-state index in [1.165, 1.54) is 32.1 Å². The molecule has 0 aromatic carbocycles. The van der Waals surface area contributed by atoms with Gasteiger partial charge < -0.3 is 10.1 Å². The van der Waals surface area contributed by atoms with Crippen molar-refractivity contribution in [3.8, 4) is 5.75 Å². The second-order valence-corrected chi connectivity index (χ2v) is 6.41. The lowest BCUT2D eigenvalue weighted by atomic mass is 9.98. The fourth-order valence-corrected chi connectivity index (χ4v) is 3.44. The maximum Gasteiger partial charge on any atom is 0.176 e. The summed E-state index contributed by atoms with van der Waals surface area (Å²) in [6, 6.07) is 0. The Balaban J connectivity index is 1.59. The van der Waals surface area contributed by atoms with Gasteiger partial charge in [-0.1, -0.05) is 18.0 Å². The summed E-state index contributed by atoms with van der Waals surface area (Å²) < 4.78 is 7.94. The summed E-state index contributed by atoms with van der Waals surface area (Å²) >= 11 is 6.42.